The molecule has 0 aromatic carbocycles. The second-order valence-corrected chi connectivity index (χ2v) is 9.37. The zero-order valence-electron chi connectivity index (χ0n) is 13.8. The molecule has 6 heteroatoms. The molecular weight excluding hydrogens is 374 g/mol. The van der Waals surface area contributed by atoms with E-state index in [2.05, 4.69) is 49.7 Å². The molecule has 128 valence electrons. The van der Waals surface area contributed by atoms with Gasteiger partial charge < -0.3 is 4.90 Å². The molecule has 4 nitrogen and oxygen atoms in total. The van der Waals surface area contributed by atoms with Crippen molar-refractivity contribution in [2.45, 2.75) is 26.3 Å². The number of rotatable bonds is 4. The van der Waals surface area contributed by atoms with Gasteiger partial charge in [0.25, 0.3) is 0 Å². The van der Waals surface area contributed by atoms with Crippen molar-refractivity contribution >= 4 is 33.2 Å². The summed E-state index contributed by atoms with van der Waals surface area (Å²) in [4.78, 5) is 20.7. The molecule has 1 amide bonds. The van der Waals surface area contributed by atoms with Gasteiger partial charge in [-0.2, -0.15) is 0 Å². The predicted molar refractivity (Wildman–Crippen MR) is 98.7 cm³/mol. The first-order valence-electron chi connectivity index (χ1n) is 8.57. The van der Waals surface area contributed by atoms with Crippen LogP contribution in [0.2, 0.25) is 0 Å². The average molecular weight is 400 g/mol. The molecule has 0 saturated carbocycles. The quantitative estimate of drug-likeness (QED) is 0.778. The van der Waals surface area contributed by atoms with E-state index in [1.54, 1.807) is 0 Å². The second-order valence-electron chi connectivity index (χ2n) is 6.82. The monoisotopic (exact) mass is 399 g/mol. The van der Waals surface area contributed by atoms with E-state index in [1.807, 2.05) is 11.3 Å². The Kier molecular flexibility index (Phi) is 6.13. The maximum absolute atomic E-state index is 12.4. The molecule has 0 atom stereocenters. The van der Waals surface area contributed by atoms with Crippen LogP contribution in [0.1, 0.15) is 24.6 Å². The molecule has 2 aliphatic rings. The van der Waals surface area contributed by atoms with Gasteiger partial charge in [-0.25, -0.2) is 0 Å². The lowest BCUT2D eigenvalue weighted by molar-refractivity contribution is -0.134. The largest absolute Gasteiger partial charge is 0.342 e. The highest BCUT2D eigenvalue weighted by atomic mass is 79.9. The summed E-state index contributed by atoms with van der Waals surface area (Å²) in [6, 6.07) is 4.32. The van der Waals surface area contributed by atoms with Crippen LogP contribution in [0, 0.1) is 5.92 Å². The van der Waals surface area contributed by atoms with Gasteiger partial charge in [-0.15, -0.1) is 11.3 Å². The average Bonchev–Trinajstić information content (AvgIpc) is 2.95. The first kappa shape index (κ1) is 17.4. The highest BCUT2D eigenvalue weighted by Gasteiger charge is 2.24. The standard InChI is InChI=1S/C17H26BrN3OS/c1-14-4-6-21(7-5-14)17(22)13-20-10-8-19(9-11-20)12-15-2-3-16(18)23-15/h2-3,14H,4-13H2,1H3. The lowest BCUT2D eigenvalue weighted by Crippen LogP contribution is -2.50. The van der Waals surface area contributed by atoms with Crippen molar-refractivity contribution in [2.75, 3.05) is 45.8 Å². The maximum atomic E-state index is 12.4. The van der Waals surface area contributed by atoms with Gasteiger partial charge in [0.1, 0.15) is 0 Å². The van der Waals surface area contributed by atoms with Gasteiger partial charge in [0.05, 0.1) is 10.3 Å². The molecule has 1 aromatic heterocycles. The second kappa shape index (κ2) is 8.10. The van der Waals surface area contributed by atoms with Crippen molar-refractivity contribution in [3.05, 3.63) is 20.8 Å². The molecule has 2 fully saturated rings. The van der Waals surface area contributed by atoms with Crippen LogP contribution in [0.3, 0.4) is 0 Å². The van der Waals surface area contributed by atoms with Gasteiger partial charge in [-0.1, -0.05) is 6.92 Å². The minimum atomic E-state index is 0.326. The Morgan fingerprint density at radius 3 is 2.39 bits per heavy atom. The van der Waals surface area contributed by atoms with E-state index >= 15 is 0 Å². The van der Waals surface area contributed by atoms with Crippen LogP contribution in [-0.2, 0) is 11.3 Å². The molecule has 23 heavy (non-hydrogen) atoms. The van der Waals surface area contributed by atoms with Gasteiger partial charge in [0.2, 0.25) is 5.91 Å². The topological polar surface area (TPSA) is 26.8 Å². The molecule has 3 heterocycles. The number of amides is 1. The van der Waals surface area contributed by atoms with E-state index in [9.17, 15) is 4.79 Å². The SMILES string of the molecule is CC1CCN(C(=O)CN2CCN(Cc3ccc(Br)s3)CC2)CC1. The van der Waals surface area contributed by atoms with Crippen molar-refractivity contribution in [3.8, 4) is 0 Å². The van der Waals surface area contributed by atoms with Crippen molar-refractivity contribution < 1.29 is 4.79 Å². The molecule has 0 aliphatic carbocycles. The predicted octanol–water partition coefficient (Wildman–Crippen LogP) is 2.89. The number of halogens is 1. The van der Waals surface area contributed by atoms with Crippen LogP contribution in [0.15, 0.2) is 15.9 Å². The third-order valence-corrected chi connectivity index (χ3v) is 6.58. The zero-order valence-corrected chi connectivity index (χ0v) is 16.2. The highest BCUT2D eigenvalue weighted by Crippen LogP contribution is 2.23. The Morgan fingerprint density at radius 1 is 1.13 bits per heavy atom. The van der Waals surface area contributed by atoms with E-state index in [0.29, 0.717) is 12.5 Å². The molecule has 0 N–H and O–H groups in total. The van der Waals surface area contributed by atoms with Crippen LogP contribution in [0.4, 0.5) is 0 Å². The summed E-state index contributed by atoms with van der Waals surface area (Å²) in [6.07, 6.45) is 2.33. The Labute approximate surface area is 151 Å². The van der Waals surface area contributed by atoms with E-state index in [1.165, 1.54) is 8.66 Å². The minimum Gasteiger partial charge on any atom is -0.342 e. The van der Waals surface area contributed by atoms with Crippen LogP contribution < -0.4 is 0 Å². The maximum Gasteiger partial charge on any atom is 0.236 e. The number of hydrogen-bond donors (Lipinski definition) is 0. The van der Waals surface area contributed by atoms with Crippen molar-refractivity contribution in [1.82, 2.24) is 14.7 Å². The number of piperidine rings is 1. The molecule has 0 bridgehead atoms. The van der Waals surface area contributed by atoms with E-state index in [0.717, 1.165) is 64.6 Å². The number of nitrogens with zero attached hydrogens (tertiary/aromatic N) is 3. The van der Waals surface area contributed by atoms with Crippen molar-refractivity contribution in [2.24, 2.45) is 5.92 Å². The van der Waals surface area contributed by atoms with Gasteiger partial charge in [-0.3, -0.25) is 14.6 Å². The Balaban J connectivity index is 1.39. The summed E-state index contributed by atoms with van der Waals surface area (Å²) < 4.78 is 1.20. The molecule has 1 aromatic rings. The molecule has 2 saturated heterocycles. The molecule has 0 unspecified atom stereocenters. The molecule has 0 spiro atoms. The van der Waals surface area contributed by atoms with Crippen LogP contribution in [-0.4, -0.2) is 66.4 Å². The summed E-state index contributed by atoms with van der Waals surface area (Å²) in [5.41, 5.74) is 0. The Hall–Kier alpha value is -0.430. The third kappa shape index (κ3) is 5.02. The number of piperazine rings is 1. The molecule has 2 aliphatic heterocycles. The summed E-state index contributed by atoms with van der Waals surface area (Å²) in [7, 11) is 0. The smallest absolute Gasteiger partial charge is 0.236 e. The highest BCUT2D eigenvalue weighted by molar-refractivity contribution is 9.11. The van der Waals surface area contributed by atoms with Crippen LogP contribution in [0.25, 0.3) is 0 Å². The number of carbonyl (C=O) groups is 1. The first-order valence-corrected chi connectivity index (χ1v) is 10.2. The Morgan fingerprint density at radius 2 is 1.78 bits per heavy atom. The summed E-state index contributed by atoms with van der Waals surface area (Å²) in [6.45, 7) is 9.94. The normalized spacial score (nSPS) is 21.7. The Bertz CT molecular complexity index is 520. The van der Waals surface area contributed by atoms with Gasteiger partial charge in [0, 0.05) is 50.7 Å². The van der Waals surface area contributed by atoms with E-state index in [-0.39, 0.29) is 0 Å². The number of carbonyl (C=O) groups excluding carboxylic acids is 1. The van der Waals surface area contributed by atoms with E-state index in [4.69, 9.17) is 0 Å². The minimum absolute atomic E-state index is 0.326. The lowest BCUT2D eigenvalue weighted by atomic mass is 9.99. The van der Waals surface area contributed by atoms with Gasteiger partial charge >= 0.3 is 0 Å². The number of likely N-dealkylation sites (tertiary alicyclic amines) is 1. The number of thiophene rings is 1. The summed E-state index contributed by atoms with van der Waals surface area (Å²) in [5, 5.41) is 0. The lowest BCUT2D eigenvalue weighted by Gasteiger charge is -2.36. The first-order chi connectivity index (χ1) is 11.1. The molecule has 3 rings (SSSR count). The molecule has 0 radical (unpaired) electrons. The molecular formula is C17H26BrN3OS. The summed E-state index contributed by atoms with van der Waals surface area (Å²) in [5.74, 6) is 1.10. The van der Waals surface area contributed by atoms with Gasteiger partial charge in [0.15, 0.2) is 0 Å². The zero-order chi connectivity index (χ0) is 16.2. The fourth-order valence-corrected chi connectivity index (χ4v) is 4.84. The summed E-state index contributed by atoms with van der Waals surface area (Å²) >= 11 is 5.34. The van der Waals surface area contributed by atoms with E-state index < -0.39 is 0 Å². The third-order valence-electron chi connectivity index (χ3n) is 4.97. The van der Waals surface area contributed by atoms with Crippen LogP contribution >= 0.6 is 27.3 Å². The number of hydrogen-bond acceptors (Lipinski definition) is 4. The fourth-order valence-electron chi connectivity index (χ4n) is 3.31. The fraction of sp³-hybridized carbons (Fsp3) is 0.706. The van der Waals surface area contributed by atoms with Crippen LogP contribution in [0.5, 0.6) is 0 Å². The van der Waals surface area contributed by atoms with Crippen molar-refractivity contribution in [1.29, 1.82) is 0 Å². The van der Waals surface area contributed by atoms with Gasteiger partial charge in [-0.05, 0) is 46.8 Å². The van der Waals surface area contributed by atoms with Crippen molar-refractivity contribution in [3.63, 3.8) is 0 Å².